The molecule has 4 heteroatoms. The summed E-state index contributed by atoms with van der Waals surface area (Å²) in [5.41, 5.74) is 5.82. The smallest absolute Gasteiger partial charge is 0.122 e. The molecule has 0 radical (unpaired) electrons. The Morgan fingerprint density at radius 3 is 2.38 bits per heavy atom. The third-order valence-electron chi connectivity index (χ3n) is 5.86. The first kappa shape index (κ1) is 21.3. The summed E-state index contributed by atoms with van der Waals surface area (Å²) in [4.78, 5) is 2.00. The van der Waals surface area contributed by atoms with E-state index in [1.165, 1.54) is 23.1 Å². The molecule has 4 nitrogen and oxygen atoms in total. The maximum Gasteiger partial charge on any atom is 0.122 e. The summed E-state index contributed by atoms with van der Waals surface area (Å²) >= 11 is 0. The maximum atomic E-state index is 9.41. The monoisotopic (exact) mass is 394 g/mol. The Morgan fingerprint density at radius 1 is 1.07 bits per heavy atom. The molecule has 3 rings (SSSR count). The molecule has 0 spiro atoms. The van der Waals surface area contributed by atoms with E-state index in [1.807, 2.05) is 18.1 Å². The Balaban J connectivity index is 1.71. The van der Waals surface area contributed by atoms with Crippen molar-refractivity contribution in [1.29, 1.82) is 0 Å². The van der Waals surface area contributed by atoms with E-state index < -0.39 is 0 Å². The van der Waals surface area contributed by atoms with Crippen LogP contribution >= 0.6 is 0 Å². The second kappa shape index (κ2) is 9.84. The fourth-order valence-corrected chi connectivity index (χ4v) is 3.54. The molecular weight excluding hydrogens is 360 g/mol. The summed E-state index contributed by atoms with van der Waals surface area (Å²) in [7, 11) is 1.97. The molecule has 1 aliphatic rings. The van der Waals surface area contributed by atoms with Crippen molar-refractivity contribution < 1.29 is 9.84 Å². The summed E-state index contributed by atoms with van der Waals surface area (Å²) in [5.74, 6) is 1.71. The number of likely N-dealkylation sites (N-methyl/N-ethyl adjacent to an activating group) is 1. The van der Waals surface area contributed by atoms with Gasteiger partial charge >= 0.3 is 0 Å². The van der Waals surface area contributed by atoms with E-state index in [2.05, 4.69) is 68.6 Å². The molecule has 156 valence electrons. The number of hydrogen-bond acceptors (Lipinski definition) is 4. The molecule has 2 aromatic carbocycles. The lowest BCUT2D eigenvalue weighted by Gasteiger charge is -2.18. The number of benzene rings is 2. The zero-order chi connectivity index (χ0) is 20.8. The van der Waals surface area contributed by atoms with E-state index in [0.29, 0.717) is 5.92 Å². The van der Waals surface area contributed by atoms with Crippen molar-refractivity contribution in [1.82, 2.24) is 10.2 Å². The van der Waals surface area contributed by atoms with E-state index in [9.17, 15) is 5.11 Å². The predicted molar refractivity (Wildman–Crippen MR) is 121 cm³/mol. The van der Waals surface area contributed by atoms with Crippen LogP contribution in [0.15, 0.2) is 48.7 Å². The van der Waals surface area contributed by atoms with Gasteiger partial charge < -0.3 is 20.1 Å². The van der Waals surface area contributed by atoms with E-state index in [0.717, 1.165) is 36.5 Å². The van der Waals surface area contributed by atoms with Crippen LogP contribution < -0.4 is 10.1 Å². The van der Waals surface area contributed by atoms with E-state index >= 15 is 0 Å². The van der Waals surface area contributed by atoms with Gasteiger partial charge in [0.15, 0.2) is 0 Å². The van der Waals surface area contributed by atoms with Crippen molar-refractivity contribution in [3.8, 4) is 16.9 Å². The van der Waals surface area contributed by atoms with Gasteiger partial charge in [-0.15, -0.1) is 0 Å². The summed E-state index contributed by atoms with van der Waals surface area (Å²) in [6.07, 6.45) is 5.23. The highest BCUT2D eigenvalue weighted by atomic mass is 16.5. The number of aliphatic hydroxyl groups is 1. The molecule has 2 unspecified atom stereocenters. The van der Waals surface area contributed by atoms with Crippen molar-refractivity contribution in [2.24, 2.45) is 5.92 Å². The largest absolute Gasteiger partial charge is 0.493 e. The minimum atomic E-state index is -0.0513. The second-order valence-electron chi connectivity index (χ2n) is 7.95. The average molecular weight is 395 g/mol. The van der Waals surface area contributed by atoms with Gasteiger partial charge in [-0.1, -0.05) is 57.5 Å². The summed E-state index contributed by atoms with van der Waals surface area (Å²) in [6.45, 7) is 7.54. The molecule has 0 saturated carbocycles. The fraction of sp³-hybridized carbons (Fsp3) is 0.440. The Hall–Kier alpha value is -2.46. The number of ether oxygens (including phenoxy) is 1. The Kier molecular flexibility index (Phi) is 7.21. The standard InChI is InChI=1S/C25H34N2O2/c1-5-18(3)13-14-29-24-12-11-22(15-19(24)6-2)20-7-9-21(10-8-20)23-16-27(4)25(17-28)26-23/h7-12,15-16,18,25-26,28H,5-6,13-14,17H2,1-4H3. The molecule has 2 N–H and O–H groups in total. The van der Waals surface area contributed by atoms with Crippen LogP contribution in [0, 0.1) is 5.92 Å². The van der Waals surface area contributed by atoms with Crippen molar-refractivity contribution in [2.45, 2.75) is 46.2 Å². The molecule has 0 saturated heterocycles. The normalized spacial score (nSPS) is 17.1. The molecular formula is C25H34N2O2. The van der Waals surface area contributed by atoms with E-state index in [4.69, 9.17) is 4.74 Å². The van der Waals surface area contributed by atoms with Crippen LogP contribution in [0.5, 0.6) is 5.75 Å². The Bertz CT molecular complexity index is 829. The quantitative estimate of drug-likeness (QED) is 0.636. The highest BCUT2D eigenvalue weighted by Gasteiger charge is 2.20. The van der Waals surface area contributed by atoms with E-state index in [-0.39, 0.29) is 12.8 Å². The number of rotatable bonds is 9. The fourth-order valence-electron chi connectivity index (χ4n) is 3.54. The van der Waals surface area contributed by atoms with Gasteiger partial charge in [0, 0.05) is 13.2 Å². The van der Waals surface area contributed by atoms with Gasteiger partial charge in [-0.2, -0.15) is 0 Å². The Labute approximate surface area is 175 Å². The van der Waals surface area contributed by atoms with Crippen LogP contribution in [0.1, 0.15) is 44.7 Å². The van der Waals surface area contributed by atoms with Crippen LogP contribution in [0.2, 0.25) is 0 Å². The van der Waals surface area contributed by atoms with Crippen molar-refractivity contribution in [3.63, 3.8) is 0 Å². The minimum Gasteiger partial charge on any atom is -0.493 e. The zero-order valence-electron chi connectivity index (χ0n) is 18.1. The van der Waals surface area contributed by atoms with Crippen molar-refractivity contribution in [2.75, 3.05) is 20.3 Å². The van der Waals surface area contributed by atoms with Crippen LogP contribution in [-0.2, 0) is 6.42 Å². The third kappa shape index (κ3) is 5.13. The molecule has 1 heterocycles. The predicted octanol–water partition coefficient (Wildman–Crippen LogP) is 4.88. The van der Waals surface area contributed by atoms with Gasteiger partial charge in [0.25, 0.3) is 0 Å². The zero-order valence-corrected chi connectivity index (χ0v) is 18.1. The lowest BCUT2D eigenvalue weighted by atomic mass is 9.99. The summed E-state index contributed by atoms with van der Waals surface area (Å²) in [6, 6.07) is 15.1. The van der Waals surface area contributed by atoms with Gasteiger partial charge in [-0.05, 0) is 53.1 Å². The molecule has 0 fully saturated rings. The molecule has 0 amide bonds. The SMILES string of the molecule is CCc1cc(-c2ccc(C3=CN(C)C(CO)N3)cc2)ccc1OCCC(C)CC. The van der Waals surface area contributed by atoms with Gasteiger partial charge in [0.1, 0.15) is 11.9 Å². The first-order valence-corrected chi connectivity index (χ1v) is 10.7. The molecule has 0 bridgehead atoms. The number of hydrogen-bond donors (Lipinski definition) is 2. The third-order valence-corrected chi connectivity index (χ3v) is 5.86. The van der Waals surface area contributed by atoms with Crippen LogP contribution in [0.3, 0.4) is 0 Å². The van der Waals surface area contributed by atoms with E-state index in [1.54, 1.807) is 0 Å². The first-order chi connectivity index (χ1) is 14.0. The van der Waals surface area contributed by atoms with Crippen LogP contribution in [0.4, 0.5) is 0 Å². The summed E-state index contributed by atoms with van der Waals surface area (Å²) < 4.78 is 6.07. The summed E-state index contributed by atoms with van der Waals surface area (Å²) in [5, 5.41) is 12.8. The minimum absolute atomic E-state index is 0.0513. The topological polar surface area (TPSA) is 44.7 Å². The lowest BCUT2D eigenvalue weighted by Crippen LogP contribution is -2.36. The van der Waals surface area contributed by atoms with Crippen LogP contribution in [0.25, 0.3) is 16.8 Å². The molecule has 29 heavy (non-hydrogen) atoms. The maximum absolute atomic E-state index is 9.41. The van der Waals surface area contributed by atoms with Crippen LogP contribution in [-0.4, -0.2) is 36.4 Å². The average Bonchev–Trinajstić information content (AvgIpc) is 3.14. The lowest BCUT2D eigenvalue weighted by molar-refractivity contribution is 0.183. The Morgan fingerprint density at radius 2 is 1.76 bits per heavy atom. The molecule has 2 aromatic rings. The second-order valence-corrected chi connectivity index (χ2v) is 7.95. The van der Waals surface area contributed by atoms with Gasteiger partial charge in [0.2, 0.25) is 0 Å². The number of nitrogens with zero attached hydrogens (tertiary/aromatic N) is 1. The van der Waals surface area contributed by atoms with Gasteiger partial charge in [-0.25, -0.2) is 0 Å². The molecule has 1 aliphatic heterocycles. The number of nitrogens with one attached hydrogen (secondary N) is 1. The highest BCUT2D eigenvalue weighted by molar-refractivity contribution is 5.71. The molecule has 0 aliphatic carbocycles. The van der Waals surface area contributed by atoms with Gasteiger partial charge in [-0.3, -0.25) is 0 Å². The first-order valence-electron chi connectivity index (χ1n) is 10.7. The highest BCUT2D eigenvalue weighted by Crippen LogP contribution is 2.29. The number of aliphatic hydroxyl groups excluding tert-OH is 1. The molecule has 2 atom stereocenters. The van der Waals surface area contributed by atoms with Gasteiger partial charge in [0.05, 0.1) is 18.9 Å². The van der Waals surface area contributed by atoms with Crippen molar-refractivity contribution in [3.05, 3.63) is 59.8 Å². The molecule has 0 aromatic heterocycles. The number of aryl methyl sites for hydroxylation is 1. The van der Waals surface area contributed by atoms with Crippen molar-refractivity contribution >= 4 is 5.70 Å².